The van der Waals surface area contributed by atoms with Gasteiger partial charge in [-0.15, -0.1) is 24.0 Å². The predicted molar refractivity (Wildman–Crippen MR) is 108 cm³/mol. The number of methoxy groups -OCH3 is 1. The molecule has 0 bridgehead atoms. The molecule has 0 spiro atoms. The van der Waals surface area contributed by atoms with E-state index in [1.807, 2.05) is 0 Å². The fourth-order valence-electron chi connectivity index (χ4n) is 2.69. The third kappa shape index (κ3) is 6.30. The van der Waals surface area contributed by atoms with Crippen LogP contribution in [0.1, 0.15) is 37.7 Å². The van der Waals surface area contributed by atoms with Crippen molar-refractivity contribution in [2.75, 3.05) is 27.2 Å². The third-order valence-corrected chi connectivity index (χ3v) is 4.39. The van der Waals surface area contributed by atoms with Crippen molar-refractivity contribution >= 4 is 35.9 Å². The molecule has 0 amide bonds. The van der Waals surface area contributed by atoms with Crippen molar-refractivity contribution < 1.29 is 9.53 Å². The van der Waals surface area contributed by atoms with Gasteiger partial charge in [-0.05, 0) is 31.2 Å². The van der Waals surface area contributed by atoms with E-state index in [1.165, 1.54) is 25.5 Å². The molecule has 1 aromatic rings. The molecule has 0 aromatic heterocycles. The topological polar surface area (TPSA) is 62.7 Å². The van der Waals surface area contributed by atoms with E-state index in [2.05, 4.69) is 50.7 Å². The number of esters is 1. The molecule has 0 atom stereocenters. The lowest BCUT2D eigenvalue weighted by Crippen LogP contribution is -2.41. The Morgan fingerprint density at radius 3 is 2.50 bits per heavy atom. The number of carbonyl (C=O) groups is 1. The number of nitrogens with zero attached hydrogens (tertiary/aromatic N) is 1. The Labute approximate surface area is 161 Å². The van der Waals surface area contributed by atoms with E-state index in [-0.39, 0.29) is 35.4 Å². The van der Waals surface area contributed by atoms with Gasteiger partial charge in [-0.2, -0.15) is 0 Å². The van der Waals surface area contributed by atoms with Crippen LogP contribution in [0.25, 0.3) is 0 Å². The minimum atomic E-state index is -0.147. The van der Waals surface area contributed by atoms with Gasteiger partial charge in [-0.3, -0.25) is 9.79 Å². The van der Waals surface area contributed by atoms with Crippen molar-refractivity contribution in [2.24, 2.45) is 4.99 Å². The van der Waals surface area contributed by atoms with Gasteiger partial charge >= 0.3 is 5.97 Å². The Bertz CT molecular complexity index is 530. The van der Waals surface area contributed by atoms with Crippen LogP contribution in [-0.4, -0.2) is 39.2 Å². The number of carbonyl (C=O) groups excluding carboxylic acids is 1. The number of halogens is 1. The number of hydrogen-bond acceptors (Lipinski definition) is 3. The molecule has 2 rings (SSSR count). The highest BCUT2D eigenvalue weighted by Crippen LogP contribution is 2.47. The zero-order valence-electron chi connectivity index (χ0n) is 14.5. The normalized spacial score (nSPS) is 15.2. The molecule has 2 N–H and O–H groups in total. The second-order valence-electron chi connectivity index (χ2n) is 6.03. The van der Waals surface area contributed by atoms with Crippen LogP contribution in [0, 0.1) is 0 Å². The van der Waals surface area contributed by atoms with Crippen molar-refractivity contribution in [1.29, 1.82) is 0 Å². The largest absolute Gasteiger partial charge is 0.469 e. The van der Waals surface area contributed by atoms with E-state index in [4.69, 9.17) is 0 Å². The van der Waals surface area contributed by atoms with Gasteiger partial charge in [0.05, 0.1) is 7.11 Å². The van der Waals surface area contributed by atoms with Crippen LogP contribution in [0.2, 0.25) is 0 Å². The van der Waals surface area contributed by atoms with Crippen LogP contribution in [0.4, 0.5) is 0 Å². The molecule has 0 aliphatic heterocycles. The summed E-state index contributed by atoms with van der Waals surface area (Å²) >= 11 is 0. The van der Waals surface area contributed by atoms with Crippen molar-refractivity contribution in [1.82, 2.24) is 10.6 Å². The van der Waals surface area contributed by atoms with E-state index < -0.39 is 0 Å². The minimum Gasteiger partial charge on any atom is -0.469 e. The maximum atomic E-state index is 11.0. The number of hydrogen-bond donors (Lipinski definition) is 2. The zero-order valence-corrected chi connectivity index (χ0v) is 16.8. The lowest BCUT2D eigenvalue weighted by molar-refractivity contribution is -0.140. The summed E-state index contributed by atoms with van der Waals surface area (Å²) in [6.45, 7) is 1.70. The number of ether oxygens (including phenoxy) is 1. The first-order valence-electron chi connectivity index (χ1n) is 8.27. The summed E-state index contributed by atoms with van der Waals surface area (Å²) in [5.41, 5.74) is 1.67. The quantitative estimate of drug-likeness (QED) is 0.213. The van der Waals surface area contributed by atoms with E-state index in [9.17, 15) is 4.79 Å². The molecule has 0 saturated heterocycles. The second-order valence-corrected chi connectivity index (χ2v) is 6.03. The van der Waals surface area contributed by atoms with Gasteiger partial charge in [0.15, 0.2) is 5.96 Å². The molecule has 1 aliphatic rings. The molecule has 1 fully saturated rings. The van der Waals surface area contributed by atoms with Gasteiger partial charge in [0, 0.05) is 32.0 Å². The second kappa shape index (κ2) is 10.5. The number of aliphatic imine (C=N–C) groups is 1. The molecular formula is C18H28IN3O2. The van der Waals surface area contributed by atoms with Crippen LogP contribution in [0.15, 0.2) is 35.3 Å². The standard InChI is InChI=1S/C18H27N3O2.HI/c1-19-17(20-13-7-6-10-16(22)23-2)21-14-18(11-12-18)15-8-4-3-5-9-15;/h3-5,8-9H,6-7,10-14H2,1-2H3,(H2,19,20,21);1H. The Hall–Kier alpha value is -1.31. The molecule has 6 heteroatoms. The summed E-state index contributed by atoms with van der Waals surface area (Å²) < 4.78 is 4.63. The smallest absolute Gasteiger partial charge is 0.305 e. The summed E-state index contributed by atoms with van der Waals surface area (Å²) in [6, 6.07) is 10.7. The van der Waals surface area contributed by atoms with Crippen LogP contribution < -0.4 is 10.6 Å². The first-order valence-corrected chi connectivity index (χ1v) is 8.27. The van der Waals surface area contributed by atoms with Gasteiger partial charge in [0.1, 0.15) is 0 Å². The summed E-state index contributed by atoms with van der Waals surface area (Å²) in [7, 11) is 3.21. The van der Waals surface area contributed by atoms with Gasteiger partial charge in [0.25, 0.3) is 0 Å². The molecule has 0 unspecified atom stereocenters. The maximum absolute atomic E-state index is 11.0. The monoisotopic (exact) mass is 445 g/mol. The van der Waals surface area contributed by atoms with Crippen LogP contribution in [0.5, 0.6) is 0 Å². The third-order valence-electron chi connectivity index (χ3n) is 4.39. The molecule has 1 aromatic carbocycles. The summed E-state index contributed by atoms with van der Waals surface area (Å²) in [4.78, 5) is 15.3. The average Bonchev–Trinajstić information content (AvgIpc) is 3.39. The summed E-state index contributed by atoms with van der Waals surface area (Å²) in [5, 5.41) is 6.73. The molecule has 24 heavy (non-hydrogen) atoms. The van der Waals surface area contributed by atoms with E-state index in [0.717, 1.165) is 31.9 Å². The van der Waals surface area contributed by atoms with Gasteiger partial charge < -0.3 is 15.4 Å². The molecular weight excluding hydrogens is 417 g/mol. The lowest BCUT2D eigenvalue weighted by Gasteiger charge is -2.19. The zero-order chi connectivity index (χ0) is 16.5. The molecule has 0 heterocycles. The molecule has 134 valence electrons. The highest BCUT2D eigenvalue weighted by molar-refractivity contribution is 14.0. The fourth-order valence-corrected chi connectivity index (χ4v) is 2.69. The fraction of sp³-hybridized carbons (Fsp3) is 0.556. The Balaban J connectivity index is 0.00000288. The Morgan fingerprint density at radius 2 is 1.92 bits per heavy atom. The number of guanidine groups is 1. The highest BCUT2D eigenvalue weighted by atomic mass is 127. The van der Waals surface area contributed by atoms with E-state index in [1.54, 1.807) is 7.05 Å². The first-order chi connectivity index (χ1) is 11.2. The minimum absolute atomic E-state index is 0. The van der Waals surface area contributed by atoms with E-state index in [0.29, 0.717) is 6.42 Å². The number of rotatable bonds is 8. The molecule has 1 aliphatic carbocycles. The van der Waals surface area contributed by atoms with Gasteiger partial charge in [0.2, 0.25) is 0 Å². The number of unbranched alkanes of at least 4 members (excludes halogenated alkanes) is 1. The van der Waals surface area contributed by atoms with Crippen molar-refractivity contribution in [3.05, 3.63) is 35.9 Å². The predicted octanol–water partition coefficient (Wildman–Crippen LogP) is 2.84. The Morgan fingerprint density at radius 1 is 1.21 bits per heavy atom. The number of nitrogens with one attached hydrogen (secondary N) is 2. The average molecular weight is 445 g/mol. The van der Waals surface area contributed by atoms with Crippen LogP contribution >= 0.6 is 24.0 Å². The van der Waals surface area contributed by atoms with Crippen LogP contribution in [0.3, 0.4) is 0 Å². The maximum Gasteiger partial charge on any atom is 0.305 e. The van der Waals surface area contributed by atoms with Crippen molar-refractivity contribution in [3.8, 4) is 0 Å². The van der Waals surface area contributed by atoms with Gasteiger partial charge in [-0.25, -0.2) is 0 Å². The first kappa shape index (κ1) is 20.7. The lowest BCUT2D eigenvalue weighted by atomic mass is 9.96. The highest BCUT2D eigenvalue weighted by Gasteiger charge is 2.43. The van der Waals surface area contributed by atoms with Gasteiger partial charge in [-0.1, -0.05) is 30.3 Å². The SMILES string of the molecule is CN=C(NCCCCC(=O)OC)NCC1(c2ccccc2)CC1.I. The van der Waals surface area contributed by atoms with Crippen molar-refractivity contribution in [3.63, 3.8) is 0 Å². The molecule has 0 radical (unpaired) electrons. The summed E-state index contributed by atoms with van der Waals surface area (Å²) in [6.07, 6.45) is 4.66. The Kier molecular flexibility index (Phi) is 9.10. The molecule has 1 saturated carbocycles. The van der Waals surface area contributed by atoms with E-state index >= 15 is 0 Å². The van der Waals surface area contributed by atoms with Crippen molar-refractivity contribution in [2.45, 2.75) is 37.5 Å². The van der Waals surface area contributed by atoms with Crippen LogP contribution in [-0.2, 0) is 14.9 Å². The molecule has 5 nitrogen and oxygen atoms in total. The number of benzene rings is 1. The summed E-state index contributed by atoms with van der Waals surface area (Å²) in [5.74, 6) is 0.677.